The number of likely N-dealkylation sites (N-methyl/N-ethyl adjacent to an activating group) is 1. The molecule has 0 bridgehead atoms. The van der Waals surface area contributed by atoms with Crippen molar-refractivity contribution in [3.05, 3.63) is 30.1 Å². The summed E-state index contributed by atoms with van der Waals surface area (Å²) in [7, 11) is 1.87. The molecule has 0 spiro atoms. The molecule has 0 aromatic heterocycles. The lowest BCUT2D eigenvalue weighted by Crippen LogP contribution is -2.56. The molecule has 120 valence electrons. The van der Waals surface area contributed by atoms with Crippen LogP contribution in [-0.2, 0) is 9.53 Å². The molecule has 1 heterocycles. The largest absolute Gasteiger partial charge is 0.374 e. The van der Waals surface area contributed by atoms with E-state index in [1.54, 1.807) is 12.1 Å². The molecule has 0 radical (unpaired) electrons. The normalized spacial score (nSPS) is 24.7. The molecule has 0 N–H and O–H groups in total. The lowest BCUT2D eigenvalue weighted by Gasteiger charge is -2.44. The number of ether oxygens (including phenoxy) is 1. The highest BCUT2D eigenvalue weighted by molar-refractivity contribution is 5.81. The maximum Gasteiger partial charge on any atom is 0.242 e. The van der Waals surface area contributed by atoms with Crippen LogP contribution < -0.4 is 4.90 Å². The molecular formula is C17H23FN2O2. The Morgan fingerprint density at radius 1 is 1.32 bits per heavy atom. The van der Waals surface area contributed by atoms with E-state index in [-0.39, 0.29) is 23.9 Å². The predicted octanol–water partition coefficient (Wildman–Crippen LogP) is 2.43. The van der Waals surface area contributed by atoms with Gasteiger partial charge in [0.1, 0.15) is 5.82 Å². The van der Waals surface area contributed by atoms with Crippen LogP contribution >= 0.6 is 0 Å². The topological polar surface area (TPSA) is 32.8 Å². The van der Waals surface area contributed by atoms with Crippen LogP contribution in [-0.4, -0.2) is 49.7 Å². The van der Waals surface area contributed by atoms with Gasteiger partial charge < -0.3 is 14.5 Å². The van der Waals surface area contributed by atoms with Gasteiger partial charge in [-0.05, 0) is 37.1 Å². The van der Waals surface area contributed by atoms with E-state index in [1.807, 2.05) is 16.8 Å². The van der Waals surface area contributed by atoms with Crippen LogP contribution in [0.15, 0.2) is 24.3 Å². The number of fused-ring (bicyclic) bond motifs is 1. The summed E-state index contributed by atoms with van der Waals surface area (Å²) in [4.78, 5) is 16.5. The van der Waals surface area contributed by atoms with Crippen molar-refractivity contribution in [1.82, 2.24) is 4.90 Å². The number of hydrogen-bond donors (Lipinski definition) is 0. The molecule has 1 aromatic rings. The Bertz CT molecular complexity index is 518. The molecule has 5 heteroatoms. The summed E-state index contributed by atoms with van der Waals surface area (Å²) in [6.07, 6.45) is 4.67. The van der Waals surface area contributed by atoms with E-state index in [4.69, 9.17) is 4.74 Å². The summed E-state index contributed by atoms with van der Waals surface area (Å²) in [6.45, 7) is 1.62. The van der Waals surface area contributed by atoms with E-state index in [1.165, 1.54) is 25.0 Å². The number of rotatable bonds is 3. The lowest BCUT2D eigenvalue weighted by molar-refractivity contribution is -0.148. The van der Waals surface area contributed by atoms with Gasteiger partial charge in [-0.25, -0.2) is 4.39 Å². The zero-order valence-electron chi connectivity index (χ0n) is 13.0. The van der Waals surface area contributed by atoms with Crippen molar-refractivity contribution in [1.29, 1.82) is 0 Å². The van der Waals surface area contributed by atoms with Gasteiger partial charge in [-0.3, -0.25) is 4.79 Å². The summed E-state index contributed by atoms with van der Waals surface area (Å²) in [5, 5.41) is 0. The highest BCUT2D eigenvalue weighted by Gasteiger charge is 2.36. The first-order chi connectivity index (χ1) is 10.6. The Hall–Kier alpha value is -1.62. The van der Waals surface area contributed by atoms with Crippen LogP contribution in [0.5, 0.6) is 0 Å². The van der Waals surface area contributed by atoms with Gasteiger partial charge >= 0.3 is 0 Å². The zero-order chi connectivity index (χ0) is 15.5. The number of carbonyl (C=O) groups excluding carboxylic acids is 1. The molecule has 2 atom stereocenters. The summed E-state index contributed by atoms with van der Waals surface area (Å²) in [5.41, 5.74) is 0.850. The van der Waals surface area contributed by atoms with Gasteiger partial charge in [0.15, 0.2) is 0 Å². The molecule has 4 nitrogen and oxygen atoms in total. The van der Waals surface area contributed by atoms with Crippen molar-refractivity contribution in [2.75, 3.05) is 31.6 Å². The van der Waals surface area contributed by atoms with E-state index < -0.39 is 0 Å². The molecule has 1 saturated heterocycles. The first-order valence-corrected chi connectivity index (χ1v) is 8.03. The number of benzene rings is 1. The predicted molar refractivity (Wildman–Crippen MR) is 83.4 cm³/mol. The van der Waals surface area contributed by atoms with E-state index >= 15 is 0 Å². The Labute approximate surface area is 130 Å². The standard InChI is InChI=1S/C17H23FN2O2/c1-19(14-8-6-13(18)7-9-14)12-17(21)20-10-11-22-16-5-3-2-4-15(16)20/h6-9,15-16H,2-5,10-12H2,1H3. The minimum atomic E-state index is -0.262. The third-order valence-electron chi connectivity index (χ3n) is 4.69. The highest BCUT2D eigenvalue weighted by Crippen LogP contribution is 2.28. The van der Waals surface area contributed by atoms with Crippen LogP contribution in [0.1, 0.15) is 25.7 Å². The second-order valence-electron chi connectivity index (χ2n) is 6.18. The second kappa shape index (κ2) is 6.65. The first kappa shape index (κ1) is 15.3. The SMILES string of the molecule is CN(CC(=O)N1CCOC2CCCCC21)c1ccc(F)cc1. The molecule has 1 saturated carbocycles. The molecule has 22 heavy (non-hydrogen) atoms. The van der Waals surface area contributed by atoms with Gasteiger partial charge in [0.2, 0.25) is 5.91 Å². The van der Waals surface area contributed by atoms with Crippen LogP contribution in [0.4, 0.5) is 10.1 Å². The van der Waals surface area contributed by atoms with E-state index in [0.717, 1.165) is 18.5 Å². The van der Waals surface area contributed by atoms with E-state index in [0.29, 0.717) is 19.7 Å². The fourth-order valence-corrected chi connectivity index (χ4v) is 3.49. The Kier molecular flexibility index (Phi) is 4.62. The van der Waals surface area contributed by atoms with Crippen molar-refractivity contribution < 1.29 is 13.9 Å². The Morgan fingerprint density at radius 2 is 2.05 bits per heavy atom. The second-order valence-corrected chi connectivity index (χ2v) is 6.18. The number of morpholine rings is 1. The summed E-state index contributed by atoms with van der Waals surface area (Å²) >= 11 is 0. The molecule has 2 aliphatic rings. The van der Waals surface area contributed by atoms with Crippen molar-refractivity contribution in [3.63, 3.8) is 0 Å². The van der Waals surface area contributed by atoms with Crippen molar-refractivity contribution in [2.45, 2.75) is 37.8 Å². The van der Waals surface area contributed by atoms with E-state index in [2.05, 4.69) is 0 Å². The molecule has 1 amide bonds. The zero-order valence-corrected chi connectivity index (χ0v) is 13.0. The van der Waals surface area contributed by atoms with Crippen molar-refractivity contribution in [2.24, 2.45) is 0 Å². The highest BCUT2D eigenvalue weighted by atomic mass is 19.1. The number of halogens is 1. The maximum atomic E-state index is 13.0. The van der Waals surface area contributed by atoms with Gasteiger partial charge in [-0.15, -0.1) is 0 Å². The third kappa shape index (κ3) is 3.24. The van der Waals surface area contributed by atoms with Crippen molar-refractivity contribution in [3.8, 4) is 0 Å². The van der Waals surface area contributed by atoms with Crippen LogP contribution in [0.3, 0.4) is 0 Å². The quantitative estimate of drug-likeness (QED) is 0.860. The first-order valence-electron chi connectivity index (χ1n) is 8.03. The number of hydrogen-bond acceptors (Lipinski definition) is 3. The third-order valence-corrected chi connectivity index (χ3v) is 4.69. The van der Waals surface area contributed by atoms with Gasteiger partial charge in [0.25, 0.3) is 0 Å². The van der Waals surface area contributed by atoms with Crippen LogP contribution in [0.25, 0.3) is 0 Å². The van der Waals surface area contributed by atoms with Gasteiger partial charge in [-0.1, -0.05) is 12.8 Å². The minimum Gasteiger partial charge on any atom is -0.374 e. The van der Waals surface area contributed by atoms with Crippen molar-refractivity contribution >= 4 is 11.6 Å². The molecule has 2 fully saturated rings. The molecule has 1 aliphatic heterocycles. The fourth-order valence-electron chi connectivity index (χ4n) is 3.49. The number of carbonyl (C=O) groups is 1. The van der Waals surface area contributed by atoms with Crippen LogP contribution in [0.2, 0.25) is 0 Å². The molecule has 1 aromatic carbocycles. The average Bonchev–Trinajstić information content (AvgIpc) is 2.54. The number of nitrogens with zero attached hydrogens (tertiary/aromatic N) is 2. The fraction of sp³-hybridized carbons (Fsp3) is 0.588. The monoisotopic (exact) mass is 306 g/mol. The maximum absolute atomic E-state index is 13.0. The minimum absolute atomic E-state index is 0.132. The Balaban J connectivity index is 1.64. The smallest absolute Gasteiger partial charge is 0.242 e. The van der Waals surface area contributed by atoms with Crippen LogP contribution in [0, 0.1) is 5.82 Å². The van der Waals surface area contributed by atoms with Gasteiger partial charge in [0, 0.05) is 19.3 Å². The van der Waals surface area contributed by atoms with E-state index in [9.17, 15) is 9.18 Å². The molecule has 1 aliphatic carbocycles. The average molecular weight is 306 g/mol. The molecular weight excluding hydrogens is 283 g/mol. The summed E-state index contributed by atoms with van der Waals surface area (Å²) in [6, 6.07) is 6.47. The van der Waals surface area contributed by atoms with Gasteiger partial charge in [0.05, 0.1) is 25.3 Å². The molecule has 3 rings (SSSR count). The summed E-state index contributed by atoms with van der Waals surface area (Å²) < 4.78 is 18.8. The number of amides is 1. The molecule has 2 unspecified atom stereocenters. The Morgan fingerprint density at radius 3 is 2.82 bits per heavy atom. The summed E-state index contributed by atoms with van der Waals surface area (Å²) in [5.74, 6) is -0.131. The number of anilines is 1. The van der Waals surface area contributed by atoms with Gasteiger partial charge in [-0.2, -0.15) is 0 Å². The lowest BCUT2D eigenvalue weighted by atomic mass is 9.90.